The largest absolute Gasteiger partial charge is 0.0654 e. The highest BCUT2D eigenvalue weighted by atomic mass is 14.2. The van der Waals surface area contributed by atoms with Gasteiger partial charge in [0.2, 0.25) is 0 Å². The topological polar surface area (TPSA) is 0 Å². The maximum Gasteiger partial charge on any atom is -0.0331 e. The minimum absolute atomic E-state index is 0.628. The molecule has 0 aliphatic carbocycles. The van der Waals surface area contributed by atoms with Crippen molar-refractivity contribution in [3.63, 3.8) is 0 Å². The molecule has 0 saturated carbocycles. The SMILES string of the molecule is CCCCCCCCCC(C)(CC)CC. The van der Waals surface area contributed by atoms with Crippen molar-refractivity contribution in [1.29, 1.82) is 0 Å². The fourth-order valence-electron chi connectivity index (χ4n) is 2.11. The van der Waals surface area contributed by atoms with Gasteiger partial charge in [0.05, 0.1) is 0 Å². The minimum Gasteiger partial charge on any atom is -0.0654 e. The van der Waals surface area contributed by atoms with Crippen molar-refractivity contribution in [1.82, 2.24) is 0 Å². The second-order valence-electron chi connectivity index (χ2n) is 5.39. The molecule has 0 aromatic rings. The minimum atomic E-state index is 0.628. The summed E-state index contributed by atoms with van der Waals surface area (Å²) in [5.41, 5.74) is 0.628. The summed E-state index contributed by atoms with van der Waals surface area (Å²) < 4.78 is 0. The van der Waals surface area contributed by atoms with Gasteiger partial charge in [-0.2, -0.15) is 0 Å². The van der Waals surface area contributed by atoms with Crippen LogP contribution in [0.25, 0.3) is 0 Å². The third-order valence-corrected chi connectivity index (χ3v) is 4.09. The van der Waals surface area contributed by atoms with Crippen LogP contribution < -0.4 is 0 Å². The van der Waals surface area contributed by atoms with E-state index in [1.54, 1.807) is 0 Å². The summed E-state index contributed by atoms with van der Waals surface area (Å²) >= 11 is 0. The third-order valence-electron chi connectivity index (χ3n) is 4.09. The molecule has 0 aliphatic heterocycles. The van der Waals surface area contributed by atoms with Crippen LogP contribution in [0.15, 0.2) is 0 Å². The molecule has 0 atom stereocenters. The first-order valence-electron chi connectivity index (χ1n) is 7.18. The summed E-state index contributed by atoms with van der Waals surface area (Å²) in [5, 5.41) is 0. The van der Waals surface area contributed by atoms with E-state index in [0.717, 1.165) is 0 Å². The van der Waals surface area contributed by atoms with Gasteiger partial charge in [0, 0.05) is 0 Å². The van der Waals surface area contributed by atoms with Gasteiger partial charge in [-0.3, -0.25) is 0 Å². The Labute approximate surface area is 97.8 Å². The van der Waals surface area contributed by atoms with E-state index < -0.39 is 0 Å². The quantitative estimate of drug-likeness (QED) is 0.392. The van der Waals surface area contributed by atoms with E-state index in [0.29, 0.717) is 5.41 Å². The molecule has 0 rings (SSSR count). The summed E-state index contributed by atoms with van der Waals surface area (Å²) in [6, 6.07) is 0. The fourth-order valence-corrected chi connectivity index (χ4v) is 2.11. The first kappa shape index (κ1) is 15.0. The summed E-state index contributed by atoms with van der Waals surface area (Å²) in [6.45, 7) is 9.41. The van der Waals surface area contributed by atoms with Gasteiger partial charge in [-0.25, -0.2) is 0 Å². The van der Waals surface area contributed by atoms with Crippen molar-refractivity contribution in [3.8, 4) is 0 Å². The number of rotatable bonds is 10. The normalized spacial score (nSPS) is 12.0. The lowest BCUT2D eigenvalue weighted by Crippen LogP contribution is -2.13. The Morgan fingerprint density at radius 2 is 1.13 bits per heavy atom. The van der Waals surface area contributed by atoms with Gasteiger partial charge in [-0.05, 0) is 11.8 Å². The summed E-state index contributed by atoms with van der Waals surface area (Å²) in [6.07, 6.45) is 14.2. The molecule has 0 amide bonds. The van der Waals surface area contributed by atoms with E-state index in [-0.39, 0.29) is 0 Å². The highest BCUT2D eigenvalue weighted by Gasteiger charge is 2.18. The van der Waals surface area contributed by atoms with Crippen LogP contribution in [0.3, 0.4) is 0 Å². The lowest BCUT2D eigenvalue weighted by atomic mass is 9.80. The average molecular weight is 212 g/mol. The van der Waals surface area contributed by atoms with Crippen LogP contribution in [0.4, 0.5) is 0 Å². The maximum absolute atomic E-state index is 2.45. The zero-order chi connectivity index (χ0) is 11.6. The standard InChI is InChI=1S/C15H32/c1-5-8-9-10-11-12-13-14-15(4,6-2)7-3/h5-14H2,1-4H3. The highest BCUT2D eigenvalue weighted by molar-refractivity contribution is 4.70. The zero-order valence-corrected chi connectivity index (χ0v) is 11.6. The maximum atomic E-state index is 2.45. The molecule has 0 radical (unpaired) electrons. The van der Waals surface area contributed by atoms with Crippen molar-refractivity contribution < 1.29 is 0 Å². The van der Waals surface area contributed by atoms with Crippen LogP contribution >= 0.6 is 0 Å². The second-order valence-corrected chi connectivity index (χ2v) is 5.39. The van der Waals surface area contributed by atoms with Crippen molar-refractivity contribution in [2.45, 2.75) is 91.9 Å². The molecule has 0 heterocycles. The van der Waals surface area contributed by atoms with Gasteiger partial charge in [0.25, 0.3) is 0 Å². The lowest BCUT2D eigenvalue weighted by molar-refractivity contribution is 0.262. The van der Waals surface area contributed by atoms with E-state index in [9.17, 15) is 0 Å². The first-order valence-corrected chi connectivity index (χ1v) is 7.18. The van der Waals surface area contributed by atoms with Gasteiger partial charge < -0.3 is 0 Å². The number of hydrogen-bond donors (Lipinski definition) is 0. The van der Waals surface area contributed by atoms with Crippen LogP contribution in [0, 0.1) is 5.41 Å². The molecule has 0 saturated heterocycles. The van der Waals surface area contributed by atoms with Crippen LogP contribution in [-0.2, 0) is 0 Å². The smallest absolute Gasteiger partial charge is 0.0331 e. The monoisotopic (exact) mass is 212 g/mol. The average Bonchev–Trinajstić information content (AvgIpc) is 2.27. The van der Waals surface area contributed by atoms with Crippen LogP contribution in [0.5, 0.6) is 0 Å². The van der Waals surface area contributed by atoms with Gasteiger partial charge >= 0.3 is 0 Å². The second kappa shape index (κ2) is 9.24. The molecule has 0 fully saturated rings. The Balaban J connectivity index is 3.29. The van der Waals surface area contributed by atoms with E-state index in [2.05, 4.69) is 27.7 Å². The molecule has 0 bridgehead atoms. The molecular weight excluding hydrogens is 180 g/mol. The third kappa shape index (κ3) is 7.88. The molecule has 15 heavy (non-hydrogen) atoms. The van der Waals surface area contributed by atoms with Gasteiger partial charge in [-0.15, -0.1) is 0 Å². The summed E-state index contributed by atoms with van der Waals surface area (Å²) in [4.78, 5) is 0. The van der Waals surface area contributed by atoms with Crippen LogP contribution in [-0.4, -0.2) is 0 Å². The first-order chi connectivity index (χ1) is 7.18. The summed E-state index contributed by atoms with van der Waals surface area (Å²) in [5.74, 6) is 0. The van der Waals surface area contributed by atoms with E-state index >= 15 is 0 Å². The zero-order valence-electron chi connectivity index (χ0n) is 11.6. The van der Waals surface area contributed by atoms with Crippen LogP contribution in [0.1, 0.15) is 91.9 Å². The predicted octanol–water partition coefficient (Wildman–Crippen LogP) is 5.95. The van der Waals surface area contributed by atoms with Gasteiger partial charge in [-0.1, -0.05) is 85.5 Å². The fraction of sp³-hybridized carbons (Fsp3) is 1.00. The molecular formula is C15H32. The molecule has 0 aromatic heterocycles. The molecule has 0 nitrogen and oxygen atoms in total. The van der Waals surface area contributed by atoms with Crippen molar-refractivity contribution in [2.75, 3.05) is 0 Å². The highest BCUT2D eigenvalue weighted by Crippen LogP contribution is 2.31. The Bertz CT molecular complexity index is 122. The molecule has 0 unspecified atom stereocenters. The number of hydrogen-bond acceptors (Lipinski definition) is 0. The Morgan fingerprint density at radius 3 is 1.60 bits per heavy atom. The van der Waals surface area contributed by atoms with Crippen molar-refractivity contribution >= 4 is 0 Å². The van der Waals surface area contributed by atoms with Crippen LogP contribution in [0.2, 0.25) is 0 Å². The van der Waals surface area contributed by atoms with Crippen molar-refractivity contribution in [2.24, 2.45) is 5.41 Å². The molecule has 92 valence electrons. The molecule has 0 heteroatoms. The van der Waals surface area contributed by atoms with E-state index in [1.807, 2.05) is 0 Å². The van der Waals surface area contributed by atoms with Gasteiger partial charge in [0.15, 0.2) is 0 Å². The van der Waals surface area contributed by atoms with Gasteiger partial charge in [0.1, 0.15) is 0 Å². The molecule has 0 spiro atoms. The number of unbranched alkanes of at least 4 members (excludes halogenated alkanes) is 6. The van der Waals surface area contributed by atoms with Crippen molar-refractivity contribution in [3.05, 3.63) is 0 Å². The Morgan fingerprint density at radius 1 is 0.667 bits per heavy atom. The molecule has 0 N–H and O–H groups in total. The predicted molar refractivity (Wildman–Crippen MR) is 71.3 cm³/mol. The van der Waals surface area contributed by atoms with E-state index in [4.69, 9.17) is 0 Å². The Hall–Kier alpha value is 0. The molecule has 0 aromatic carbocycles. The Kier molecular flexibility index (Phi) is 9.24. The lowest BCUT2D eigenvalue weighted by Gasteiger charge is -2.26. The summed E-state index contributed by atoms with van der Waals surface area (Å²) in [7, 11) is 0. The van der Waals surface area contributed by atoms with E-state index in [1.165, 1.54) is 64.2 Å². The molecule has 0 aliphatic rings.